The van der Waals surface area contributed by atoms with Gasteiger partial charge in [0.15, 0.2) is 5.78 Å². The van der Waals surface area contributed by atoms with Crippen molar-refractivity contribution >= 4 is 33.1 Å². The van der Waals surface area contributed by atoms with E-state index < -0.39 is 5.69 Å². The molecule has 0 saturated heterocycles. The highest BCUT2D eigenvalue weighted by molar-refractivity contribution is 7.17. The van der Waals surface area contributed by atoms with Crippen LogP contribution in [0.1, 0.15) is 15.9 Å². The third kappa shape index (κ3) is 3.57. The first-order valence-electron chi connectivity index (χ1n) is 10.4. The lowest BCUT2D eigenvalue weighted by Gasteiger charge is -2.11. The van der Waals surface area contributed by atoms with Crippen molar-refractivity contribution in [3.63, 3.8) is 0 Å². The number of carbonyl (C=O) groups is 1. The standard InChI is InChI=1S/C24H20N4O5S/c1-32-17-8-5-7-15(12-17)19(29)14-27-24(31)28-18-10-11-34-21(18)22(30)26(23(28)25-27)13-16-6-3-4-9-20(16)33-2/h3-12H,13-14H2,1-2H3. The van der Waals surface area contributed by atoms with Gasteiger partial charge >= 0.3 is 5.69 Å². The molecule has 0 aliphatic rings. The van der Waals surface area contributed by atoms with Crippen LogP contribution in [-0.4, -0.2) is 38.8 Å². The van der Waals surface area contributed by atoms with Crippen LogP contribution >= 0.6 is 11.3 Å². The number of rotatable bonds is 7. The van der Waals surface area contributed by atoms with Crippen LogP contribution < -0.4 is 20.7 Å². The summed E-state index contributed by atoms with van der Waals surface area (Å²) in [5, 5.41) is 6.16. The topological polar surface area (TPSA) is 96.8 Å². The second-order valence-corrected chi connectivity index (χ2v) is 8.48. The van der Waals surface area contributed by atoms with E-state index in [1.165, 1.54) is 27.4 Å². The van der Waals surface area contributed by atoms with Crippen molar-refractivity contribution in [2.24, 2.45) is 0 Å². The molecule has 0 spiro atoms. The van der Waals surface area contributed by atoms with Crippen LogP contribution in [0.4, 0.5) is 0 Å². The number of aromatic nitrogens is 4. The Hall–Kier alpha value is -4.18. The Labute approximate surface area is 197 Å². The SMILES string of the molecule is COc1cccc(C(=O)Cn2nc3n(Cc4ccccc4OC)c(=O)c4sccc4n3c2=O)c1. The minimum Gasteiger partial charge on any atom is -0.497 e. The Morgan fingerprint density at radius 3 is 2.65 bits per heavy atom. The summed E-state index contributed by atoms with van der Waals surface area (Å²) < 4.78 is 14.9. The van der Waals surface area contributed by atoms with Crippen LogP contribution in [0, 0.1) is 0 Å². The molecular formula is C24H20N4O5S. The van der Waals surface area contributed by atoms with E-state index in [-0.39, 0.29) is 30.2 Å². The van der Waals surface area contributed by atoms with Gasteiger partial charge < -0.3 is 9.47 Å². The summed E-state index contributed by atoms with van der Waals surface area (Å²) >= 11 is 1.25. The Balaban J connectivity index is 1.65. The molecule has 5 aromatic rings. The number of hydrogen-bond donors (Lipinski definition) is 0. The Bertz CT molecular complexity index is 1660. The first kappa shape index (κ1) is 21.7. The highest BCUT2D eigenvalue weighted by Crippen LogP contribution is 2.21. The molecule has 10 heteroatoms. The van der Waals surface area contributed by atoms with E-state index in [1.54, 1.807) is 48.9 Å². The Morgan fingerprint density at radius 2 is 1.85 bits per heavy atom. The molecule has 0 radical (unpaired) electrons. The number of hydrogen-bond acceptors (Lipinski definition) is 7. The van der Waals surface area contributed by atoms with Crippen LogP contribution in [0.2, 0.25) is 0 Å². The lowest BCUT2D eigenvalue weighted by atomic mass is 10.1. The molecule has 0 atom stereocenters. The number of ether oxygens (including phenoxy) is 2. The number of nitrogens with zero attached hydrogens (tertiary/aromatic N) is 4. The minimum absolute atomic E-state index is 0.153. The predicted octanol–water partition coefficient (Wildman–Crippen LogP) is 2.82. The lowest BCUT2D eigenvalue weighted by Crippen LogP contribution is -2.27. The summed E-state index contributed by atoms with van der Waals surface area (Å²) in [7, 11) is 3.08. The van der Waals surface area contributed by atoms with E-state index in [1.807, 2.05) is 18.2 Å². The number of Topliss-reactive ketones (excluding diaryl/α,β-unsaturated/α-hetero) is 1. The predicted molar refractivity (Wildman–Crippen MR) is 129 cm³/mol. The summed E-state index contributed by atoms with van der Waals surface area (Å²) in [6.45, 7) is -0.122. The van der Waals surface area contributed by atoms with Gasteiger partial charge in [0, 0.05) is 11.1 Å². The molecular weight excluding hydrogens is 456 g/mol. The van der Waals surface area contributed by atoms with E-state index in [4.69, 9.17) is 9.47 Å². The fraction of sp³-hybridized carbons (Fsp3) is 0.167. The molecule has 172 valence electrons. The van der Waals surface area contributed by atoms with Crippen molar-refractivity contribution < 1.29 is 14.3 Å². The molecule has 9 nitrogen and oxygen atoms in total. The second-order valence-electron chi connectivity index (χ2n) is 7.57. The van der Waals surface area contributed by atoms with Crippen molar-refractivity contribution in [2.45, 2.75) is 13.1 Å². The average molecular weight is 477 g/mol. The number of fused-ring (bicyclic) bond motifs is 3. The minimum atomic E-state index is -0.497. The van der Waals surface area contributed by atoms with Gasteiger partial charge in [-0.25, -0.2) is 13.9 Å². The van der Waals surface area contributed by atoms with E-state index >= 15 is 0 Å². The van der Waals surface area contributed by atoms with Gasteiger partial charge in [0.25, 0.3) is 5.56 Å². The maximum Gasteiger partial charge on any atom is 0.352 e. The molecule has 0 bridgehead atoms. The maximum atomic E-state index is 13.3. The van der Waals surface area contributed by atoms with Crippen molar-refractivity contribution in [3.8, 4) is 11.5 Å². The monoisotopic (exact) mass is 476 g/mol. The summed E-state index contributed by atoms with van der Waals surface area (Å²) in [6.07, 6.45) is 0. The van der Waals surface area contributed by atoms with Gasteiger partial charge in [-0.1, -0.05) is 30.3 Å². The first-order chi connectivity index (χ1) is 16.5. The van der Waals surface area contributed by atoms with Crippen LogP contribution in [0.3, 0.4) is 0 Å². The molecule has 3 heterocycles. The van der Waals surface area contributed by atoms with Gasteiger partial charge in [-0.15, -0.1) is 16.4 Å². The van der Waals surface area contributed by atoms with Crippen molar-refractivity contribution in [1.82, 2.24) is 18.7 Å². The normalized spacial score (nSPS) is 11.2. The largest absolute Gasteiger partial charge is 0.497 e. The smallest absolute Gasteiger partial charge is 0.352 e. The number of benzene rings is 2. The molecule has 0 aliphatic heterocycles. The molecule has 0 fully saturated rings. The van der Waals surface area contributed by atoms with E-state index in [9.17, 15) is 14.4 Å². The first-order valence-corrected chi connectivity index (χ1v) is 11.3. The molecule has 0 unspecified atom stereocenters. The van der Waals surface area contributed by atoms with Gasteiger partial charge in [0.2, 0.25) is 5.78 Å². The summed E-state index contributed by atoms with van der Waals surface area (Å²) in [6, 6.07) is 15.8. The average Bonchev–Trinajstić information content (AvgIpc) is 3.47. The zero-order valence-electron chi connectivity index (χ0n) is 18.4. The van der Waals surface area contributed by atoms with Gasteiger partial charge in [-0.2, -0.15) is 0 Å². The fourth-order valence-electron chi connectivity index (χ4n) is 3.91. The number of para-hydroxylation sites is 1. The summed E-state index contributed by atoms with van der Waals surface area (Å²) in [5.74, 6) is 1.02. The lowest BCUT2D eigenvalue weighted by molar-refractivity contribution is 0.0966. The molecule has 0 amide bonds. The zero-order chi connectivity index (χ0) is 23.8. The van der Waals surface area contributed by atoms with Gasteiger partial charge in [-0.3, -0.25) is 14.2 Å². The summed E-state index contributed by atoms with van der Waals surface area (Å²) in [4.78, 5) is 39.6. The molecule has 0 saturated carbocycles. The third-order valence-electron chi connectivity index (χ3n) is 5.59. The Morgan fingerprint density at radius 1 is 1.03 bits per heavy atom. The van der Waals surface area contributed by atoms with E-state index in [0.717, 1.165) is 10.2 Å². The Kier molecular flexibility index (Phi) is 5.50. The molecule has 34 heavy (non-hydrogen) atoms. The van der Waals surface area contributed by atoms with E-state index in [2.05, 4.69) is 5.10 Å². The van der Waals surface area contributed by atoms with Gasteiger partial charge in [-0.05, 0) is 29.6 Å². The fourth-order valence-corrected chi connectivity index (χ4v) is 4.73. The molecule has 3 aromatic heterocycles. The quantitative estimate of drug-likeness (QED) is 0.335. The molecule has 5 rings (SSSR count). The highest BCUT2D eigenvalue weighted by atomic mass is 32.1. The van der Waals surface area contributed by atoms with Gasteiger partial charge in [0.1, 0.15) is 22.7 Å². The zero-order valence-corrected chi connectivity index (χ0v) is 19.2. The van der Waals surface area contributed by atoms with Crippen molar-refractivity contribution in [3.05, 3.63) is 91.9 Å². The third-order valence-corrected chi connectivity index (χ3v) is 6.49. The van der Waals surface area contributed by atoms with Crippen LogP contribution in [0.5, 0.6) is 11.5 Å². The number of carbonyl (C=O) groups excluding carboxylic acids is 1. The summed E-state index contributed by atoms with van der Waals surface area (Å²) in [5.41, 5.74) is 0.865. The van der Waals surface area contributed by atoms with Crippen molar-refractivity contribution in [2.75, 3.05) is 14.2 Å². The van der Waals surface area contributed by atoms with Crippen LogP contribution in [0.25, 0.3) is 16.0 Å². The number of methoxy groups -OCH3 is 2. The van der Waals surface area contributed by atoms with E-state index in [0.29, 0.717) is 27.3 Å². The second kappa shape index (κ2) is 8.64. The van der Waals surface area contributed by atoms with Crippen LogP contribution in [-0.2, 0) is 13.1 Å². The van der Waals surface area contributed by atoms with Crippen molar-refractivity contribution in [1.29, 1.82) is 0 Å². The molecule has 2 aromatic carbocycles. The molecule has 0 aliphatic carbocycles. The highest BCUT2D eigenvalue weighted by Gasteiger charge is 2.21. The maximum absolute atomic E-state index is 13.3. The molecule has 0 N–H and O–H groups in total. The number of ketones is 1. The van der Waals surface area contributed by atoms with Crippen LogP contribution in [0.15, 0.2) is 69.6 Å². The van der Waals surface area contributed by atoms with Gasteiger partial charge in [0.05, 0.1) is 26.3 Å². The number of thiophene rings is 1.